The van der Waals surface area contributed by atoms with Gasteiger partial charge in [0.1, 0.15) is 5.82 Å². The Morgan fingerprint density at radius 3 is 2.47 bits per heavy atom. The molecule has 1 aromatic carbocycles. The van der Waals surface area contributed by atoms with Gasteiger partial charge < -0.3 is 14.7 Å². The Labute approximate surface area is 188 Å². The normalized spacial score (nSPS) is 16.6. The van der Waals surface area contributed by atoms with Gasteiger partial charge in [-0.2, -0.15) is 0 Å². The monoisotopic (exact) mass is 439 g/mol. The Morgan fingerprint density at radius 2 is 1.81 bits per heavy atom. The Bertz CT molecular complexity index is 930. The van der Waals surface area contributed by atoms with Gasteiger partial charge in [-0.3, -0.25) is 9.59 Å². The third-order valence-corrected chi connectivity index (χ3v) is 6.02. The molecule has 32 heavy (non-hydrogen) atoms. The molecule has 0 spiro atoms. The zero-order chi connectivity index (χ0) is 22.5. The number of benzene rings is 1. The number of carbonyl (C=O) groups is 2. The Morgan fingerprint density at radius 1 is 1.03 bits per heavy atom. The first-order valence-electron chi connectivity index (χ1n) is 11.5. The smallest absolute Gasteiger partial charge is 0.242 e. The van der Waals surface area contributed by atoms with Gasteiger partial charge in [-0.1, -0.05) is 6.92 Å². The lowest BCUT2D eigenvalue weighted by molar-refractivity contribution is -0.141. The summed E-state index contributed by atoms with van der Waals surface area (Å²) in [5.74, 6) is 0.768. The van der Waals surface area contributed by atoms with E-state index in [-0.39, 0.29) is 30.1 Å². The second-order valence-electron chi connectivity index (χ2n) is 8.54. The minimum atomic E-state index is -0.281. The van der Waals surface area contributed by atoms with Gasteiger partial charge in [-0.15, -0.1) is 10.2 Å². The summed E-state index contributed by atoms with van der Waals surface area (Å²) in [7, 11) is 0. The maximum atomic E-state index is 13.1. The quantitative estimate of drug-likeness (QED) is 0.664. The Kier molecular flexibility index (Phi) is 6.97. The Hall–Kier alpha value is -3.03. The van der Waals surface area contributed by atoms with E-state index in [1.165, 1.54) is 12.1 Å². The number of rotatable bonds is 7. The highest BCUT2D eigenvalue weighted by Crippen LogP contribution is 2.31. The maximum Gasteiger partial charge on any atom is 0.242 e. The van der Waals surface area contributed by atoms with Crippen LogP contribution in [0.1, 0.15) is 32.6 Å². The van der Waals surface area contributed by atoms with Crippen molar-refractivity contribution in [2.75, 3.05) is 44.2 Å². The molecule has 1 saturated heterocycles. The second-order valence-corrected chi connectivity index (χ2v) is 8.54. The molecule has 2 fully saturated rings. The van der Waals surface area contributed by atoms with Crippen LogP contribution in [0.5, 0.6) is 0 Å². The zero-order valence-corrected chi connectivity index (χ0v) is 18.5. The molecule has 7 nitrogen and oxygen atoms in total. The number of hydrogen-bond acceptors (Lipinski definition) is 5. The van der Waals surface area contributed by atoms with Gasteiger partial charge in [-0.25, -0.2) is 4.39 Å². The summed E-state index contributed by atoms with van der Waals surface area (Å²) >= 11 is 0. The minimum Gasteiger partial charge on any atom is -0.353 e. The van der Waals surface area contributed by atoms with Gasteiger partial charge in [0.15, 0.2) is 5.82 Å². The third kappa shape index (κ3) is 5.41. The van der Waals surface area contributed by atoms with Crippen LogP contribution in [0, 0.1) is 11.7 Å². The number of hydrogen-bond donors (Lipinski definition) is 0. The highest BCUT2D eigenvalue weighted by atomic mass is 19.1. The van der Waals surface area contributed by atoms with E-state index < -0.39 is 0 Å². The molecule has 2 aliphatic rings. The number of amides is 2. The van der Waals surface area contributed by atoms with Crippen LogP contribution in [0.4, 0.5) is 10.2 Å². The van der Waals surface area contributed by atoms with Gasteiger partial charge in [-0.05, 0) is 62.1 Å². The fourth-order valence-corrected chi connectivity index (χ4v) is 4.05. The number of nitrogens with zero attached hydrogens (tertiary/aromatic N) is 5. The van der Waals surface area contributed by atoms with Crippen LogP contribution in [-0.2, 0) is 9.59 Å². The lowest BCUT2D eigenvalue weighted by Gasteiger charge is -2.27. The van der Waals surface area contributed by atoms with Crippen molar-refractivity contribution < 1.29 is 14.0 Å². The highest BCUT2D eigenvalue weighted by Gasteiger charge is 2.34. The van der Waals surface area contributed by atoms with Crippen molar-refractivity contribution in [2.45, 2.75) is 32.6 Å². The van der Waals surface area contributed by atoms with Gasteiger partial charge in [0.25, 0.3) is 0 Å². The standard InChI is InChI=1S/C24H30FN5O2/c1-2-12-30(24(32)19-4-5-19)17-23(31)29-14-3-13-28(15-16-29)22-11-10-21(26-27-22)18-6-8-20(25)9-7-18/h6-11,19H,2-5,12-17H2,1H3. The van der Waals surface area contributed by atoms with Crippen LogP contribution < -0.4 is 4.90 Å². The first-order chi connectivity index (χ1) is 15.5. The molecule has 1 aromatic heterocycles. The molecule has 4 rings (SSSR count). The molecule has 1 aliphatic carbocycles. The van der Waals surface area contributed by atoms with Crippen molar-refractivity contribution in [1.82, 2.24) is 20.0 Å². The van der Waals surface area contributed by atoms with Gasteiger partial charge >= 0.3 is 0 Å². The molecule has 2 heterocycles. The van der Waals surface area contributed by atoms with E-state index in [0.29, 0.717) is 31.9 Å². The van der Waals surface area contributed by atoms with Crippen LogP contribution >= 0.6 is 0 Å². The van der Waals surface area contributed by atoms with Crippen molar-refractivity contribution in [3.63, 3.8) is 0 Å². The molecule has 0 radical (unpaired) electrons. The highest BCUT2D eigenvalue weighted by molar-refractivity contribution is 5.87. The van der Waals surface area contributed by atoms with E-state index in [2.05, 4.69) is 15.1 Å². The average Bonchev–Trinajstić information content (AvgIpc) is 3.66. The minimum absolute atomic E-state index is 0.0204. The lowest BCUT2D eigenvalue weighted by atomic mass is 10.1. The molecule has 0 bridgehead atoms. The first kappa shape index (κ1) is 22.2. The summed E-state index contributed by atoms with van der Waals surface area (Å²) in [5, 5.41) is 8.66. The second kappa shape index (κ2) is 10.1. The lowest BCUT2D eigenvalue weighted by Crippen LogP contribution is -2.45. The molecule has 2 aromatic rings. The maximum absolute atomic E-state index is 13.1. The van der Waals surface area contributed by atoms with Crippen molar-refractivity contribution in [1.29, 1.82) is 0 Å². The van der Waals surface area contributed by atoms with E-state index in [4.69, 9.17) is 0 Å². The van der Waals surface area contributed by atoms with E-state index in [1.54, 1.807) is 17.0 Å². The number of anilines is 1. The SMILES string of the molecule is CCCN(CC(=O)N1CCCN(c2ccc(-c3ccc(F)cc3)nn2)CC1)C(=O)C1CC1. The van der Waals surface area contributed by atoms with E-state index in [9.17, 15) is 14.0 Å². The summed E-state index contributed by atoms with van der Waals surface area (Å²) in [6, 6.07) is 9.99. The van der Waals surface area contributed by atoms with E-state index in [1.807, 2.05) is 24.0 Å². The summed E-state index contributed by atoms with van der Waals surface area (Å²) in [5.41, 5.74) is 1.51. The van der Waals surface area contributed by atoms with Crippen LogP contribution in [0.25, 0.3) is 11.3 Å². The summed E-state index contributed by atoms with van der Waals surface area (Å²) in [4.78, 5) is 31.1. The van der Waals surface area contributed by atoms with Crippen LogP contribution in [0.2, 0.25) is 0 Å². The molecule has 1 saturated carbocycles. The van der Waals surface area contributed by atoms with Crippen molar-refractivity contribution >= 4 is 17.6 Å². The predicted molar refractivity (Wildman–Crippen MR) is 120 cm³/mol. The topological polar surface area (TPSA) is 69.6 Å². The molecular formula is C24H30FN5O2. The molecule has 0 atom stereocenters. The average molecular weight is 440 g/mol. The molecule has 8 heteroatoms. The van der Waals surface area contributed by atoms with Crippen molar-refractivity contribution in [3.8, 4) is 11.3 Å². The zero-order valence-electron chi connectivity index (χ0n) is 18.5. The number of halogens is 1. The summed E-state index contributed by atoms with van der Waals surface area (Å²) < 4.78 is 13.1. The predicted octanol–water partition coefficient (Wildman–Crippen LogP) is 2.97. The van der Waals surface area contributed by atoms with Gasteiger partial charge in [0.05, 0.1) is 12.2 Å². The summed E-state index contributed by atoms with van der Waals surface area (Å²) in [6.45, 7) is 5.57. The van der Waals surface area contributed by atoms with Crippen LogP contribution in [-0.4, -0.2) is 71.1 Å². The fraction of sp³-hybridized carbons (Fsp3) is 0.500. The van der Waals surface area contributed by atoms with E-state index >= 15 is 0 Å². The largest absolute Gasteiger partial charge is 0.353 e. The van der Waals surface area contributed by atoms with Crippen molar-refractivity contribution in [3.05, 3.63) is 42.2 Å². The summed E-state index contributed by atoms with van der Waals surface area (Å²) in [6.07, 6.45) is 3.59. The third-order valence-electron chi connectivity index (χ3n) is 6.02. The van der Waals surface area contributed by atoms with Crippen LogP contribution in [0.3, 0.4) is 0 Å². The molecule has 0 N–H and O–H groups in total. The molecular weight excluding hydrogens is 409 g/mol. The molecule has 170 valence electrons. The number of aromatic nitrogens is 2. The molecule has 1 aliphatic heterocycles. The molecule has 0 unspecified atom stereocenters. The Balaban J connectivity index is 1.34. The van der Waals surface area contributed by atoms with Gasteiger partial charge in [0.2, 0.25) is 11.8 Å². The van der Waals surface area contributed by atoms with Crippen molar-refractivity contribution in [2.24, 2.45) is 5.92 Å². The number of carbonyl (C=O) groups excluding carboxylic acids is 2. The first-order valence-corrected chi connectivity index (χ1v) is 11.5. The van der Waals surface area contributed by atoms with Crippen LogP contribution in [0.15, 0.2) is 36.4 Å². The fourth-order valence-electron chi connectivity index (χ4n) is 4.05. The van der Waals surface area contributed by atoms with Gasteiger partial charge in [0, 0.05) is 44.2 Å². The van der Waals surface area contributed by atoms with E-state index in [0.717, 1.165) is 43.6 Å². The molecule has 2 amide bonds.